The number of nitrogens with zero attached hydrogens (tertiary/aromatic N) is 1. The van der Waals surface area contributed by atoms with Crippen molar-refractivity contribution in [2.45, 2.75) is 13.3 Å². The Bertz CT molecular complexity index is 317. The fraction of sp³-hybridized carbons (Fsp3) is 0.375. The van der Waals surface area contributed by atoms with Crippen molar-refractivity contribution >= 4 is 15.9 Å². The lowest BCUT2D eigenvalue weighted by atomic mass is 10.1. The molecule has 0 aliphatic carbocycles. The van der Waals surface area contributed by atoms with E-state index in [9.17, 15) is 8.78 Å². The lowest BCUT2D eigenvalue weighted by Gasteiger charge is -2.09. The second kappa shape index (κ2) is 4.00. The number of alkyl halides is 2. The van der Waals surface area contributed by atoms with Crippen LogP contribution in [0.4, 0.5) is 8.78 Å². The normalized spacial score (nSPS) is 10.6. The highest BCUT2D eigenvalue weighted by molar-refractivity contribution is 9.10. The zero-order valence-electron chi connectivity index (χ0n) is 7.14. The third-order valence-corrected chi connectivity index (χ3v) is 2.02. The fourth-order valence-electron chi connectivity index (χ4n) is 1.04. The predicted octanol–water partition coefficient (Wildman–Crippen LogP) is 3.10. The van der Waals surface area contributed by atoms with Crippen LogP contribution in [0.2, 0.25) is 0 Å². The van der Waals surface area contributed by atoms with E-state index in [1.165, 1.54) is 13.2 Å². The molecule has 0 saturated carbocycles. The standard InChI is InChI=1S/C8H8BrF2NO/c1-4-3-5(9)12-8(13-2)6(4)7(10)11/h3,7H,1-2H3. The smallest absolute Gasteiger partial charge is 0.269 e. The Balaban J connectivity index is 3.30. The highest BCUT2D eigenvalue weighted by Crippen LogP contribution is 2.31. The van der Waals surface area contributed by atoms with E-state index in [4.69, 9.17) is 4.74 Å². The third kappa shape index (κ3) is 2.15. The van der Waals surface area contributed by atoms with Crippen LogP contribution in [0, 0.1) is 6.92 Å². The molecule has 0 saturated heterocycles. The van der Waals surface area contributed by atoms with Crippen molar-refractivity contribution in [3.8, 4) is 5.88 Å². The van der Waals surface area contributed by atoms with Gasteiger partial charge in [-0.3, -0.25) is 0 Å². The number of ether oxygens (including phenoxy) is 1. The van der Waals surface area contributed by atoms with E-state index in [1.807, 2.05) is 0 Å². The summed E-state index contributed by atoms with van der Waals surface area (Å²) in [4.78, 5) is 3.79. The van der Waals surface area contributed by atoms with Gasteiger partial charge in [0.1, 0.15) is 4.60 Å². The van der Waals surface area contributed by atoms with Crippen molar-refractivity contribution in [2.75, 3.05) is 7.11 Å². The van der Waals surface area contributed by atoms with Crippen molar-refractivity contribution in [3.63, 3.8) is 0 Å². The molecule has 0 spiro atoms. The van der Waals surface area contributed by atoms with E-state index in [-0.39, 0.29) is 11.4 Å². The third-order valence-electron chi connectivity index (χ3n) is 1.61. The Labute approximate surface area is 83.1 Å². The van der Waals surface area contributed by atoms with Gasteiger partial charge >= 0.3 is 0 Å². The molecule has 0 fully saturated rings. The van der Waals surface area contributed by atoms with Crippen molar-refractivity contribution in [1.82, 2.24) is 4.98 Å². The summed E-state index contributed by atoms with van der Waals surface area (Å²) < 4.78 is 30.2. The van der Waals surface area contributed by atoms with Gasteiger partial charge in [-0.1, -0.05) is 0 Å². The molecule has 1 heterocycles. The first-order valence-corrected chi connectivity index (χ1v) is 4.34. The van der Waals surface area contributed by atoms with Gasteiger partial charge in [-0.2, -0.15) is 0 Å². The Kier molecular flexibility index (Phi) is 3.19. The van der Waals surface area contributed by atoms with Gasteiger partial charge in [-0.05, 0) is 34.5 Å². The van der Waals surface area contributed by atoms with Crippen LogP contribution < -0.4 is 4.74 Å². The molecular weight excluding hydrogens is 244 g/mol. The SMILES string of the molecule is COc1nc(Br)cc(C)c1C(F)F. The van der Waals surface area contributed by atoms with Gasteiger partial charge in [0.2, 0.25) is 5.88 Å². The summed E-state index contributed by atoms with van der Waals surface area (Å²) in [5.41, 5.74) is 0.319. The van der Waals surface area contributed by atoms with Gasteiger partial charge in [0.05, 0.1) is 12.7 Å². The van der Waals surface area contributed by atoms with Crippen molar-refractivity contribution in [2.24, 2.45) is 0 Å². The number of aromatic nitrogens is 1. The molecule has 0 unspecified atom stereocenters. The van der Waals surface area contributed by atoms with Gasteiger partial charge in [-0.25, -0.2) is 13.8 Å². The fourth-order valence-corrected chi connectivity index (χ4v) is 1.54. The Morgan fingerprint density at radius 3 is 2.62 bits per heavy atom. The van der Waals surface area contributed by atoms with Gasteiger partial charge in [-0.15, -0.1) is 0 Å². The first-order chi connectivity index (χ1) is 6.06. The number of aryl methyl sites for hydroxylation is 1. The summed E-state index contributed by atoms with van der Waals surface area (Å²) in [5.74, 6) is -0.0260. The number of halogens is 3. The molecule has 72 valence electrons. The first-order valence-electron chi connectivity index (χ1n) is 3.55. The molecule has 0 aromatic carbocycles. The van der Waals surface area contributed by atoms with Crippen LogP contribution in [-0.4, -0.2) is 12.1 Å². The maximum Gasteiger partial charge on any atom is 0.269 e. The number of pyridine rings is 1. The molecule has 1 rings (SSSR count). The molecule has 0 bridgehead atoms. The highest BCUT2D eigenvalue weighted by atomic mass is 79.9. The molecule has 0 aliphatic rings. The summed E-state index contributed by atoms with van der Waals surface area (Å²) in [5, 5.41) is 0. The maximum absolute atomic E-state index is 12.5. The zero-order valence-corrected chi connectivity index (χ0v) is 8.73. The van der Waals surface area contributed by atoms with Gasteiger partial charge in [0.25, 0.3) is 6.43 Å². The second-order valence-electron chi connectivity index (χ2n) is 2.49. The Hall–Kier alpha value is -0.710. The number of hydrogen-bond acceptors (Lipinski definition) is 2. The predicted molar refractivity (Wildman–Crippen MR) is 48.2 cm³/mol. The molecular formula is C8H8BrF2NO. The minimum Gasteiger partial charge on any atom is -0.481 e. The molecule has 0 amide bonds. The maximum atomic E-state index is 12.5. The topological polar surface area (TPSA) is 22.1 Å². The van der Waals surface area contributed by atoms with Crippen LogP contribution in [0.3, 0.4) is 0 Å². The summed E-state index contributed by atoms with van der Waals surface area (Å²) in [6, 6.07) is 1.53. The van der Waals surface area contributed by atoms with Crippen LogP contribution in [0.1, 0.15) is 17.6 Å². The minimum absolute atomic E-state index is 0.0260. The van der Waals surface area contributed by atoms with E-state index < -0.39 is 6.43 Å². The molecule has 1 aromatic rings. The molecule has 5 heteroatoms. The molecule has 2 nitrogen and oxygen atoms in total. The molecule has 13 heavy (non-hydrogen) atoms. The lowest BCUT2D eigenvalue weighted by molar-refractivity contribution is 0.145. The first kappa shape index (κ1) is 10.4. The van der Waals surface area contributed by atoms with E-state index in [2.05, 4.69) is 20.9 Å². The number of methoxy groups -OCH3 is 1. The molecule has 0 aliphatic heterocycles. The van der Waals surface area contributed by atoms with Crippen molar-refractivity contribution in [1.29, 1.82) is 0 Å². The molecule has 0 atom stereocenters. The van der Waals surface area contributed by atoms with Crippen LogP contribution in [-0.2, 0) is 0 Å². The van der Waals surface area contributed by atoms with Crippen molar-refractivity contribution < 1.29 is 13.5 Å². The van der Waals surface area contributed by atoms with Gasteiger partial charge in [0, 0.05) is 0 Å². The monoisotopic (exact) mass is 251 g/mol. The van der Waals surface area contributed by atoms with E-state index in [0.717, 1.165) is 0 Å². The van der Waals surface area contributed by atoms with E-state index in [0.29, 0.717) is 10.2 Å². The Morgan fingerprint density at radius 2 is 2.15 bits per heavy atom. The molecule has 1 aromatic heterocycles. The van der Waals surface area contributed by atoms with Crippen LogP contribution >= 0.6 is 15.9 Å². The van der Waals surface area contributed by atoms with Crippen LogP contribution in [0.15, 0.2) is 10.7 Å². The summed E-state index contributed by atoms with van der Waals surface area (Å²) in [6.07, 6.45) is -2.56. The average molecular weight is 252 g/mol. The van der Waals surface area contributed by atoms with E-state index >= 15 is 0 Å². The summed E-state index contributed by atoms with van der Waals surface area (Å²) in [6.45, 7) is 1.59. The quantitative estimate of drug-likeness (QED) is 0.754. The summed E-state index contributed by atoms with van der Waals surface area (Å²) >= 11 is 3.10. The molecule has 0 N–H and O–H groups in total. The number of hydrogen-bond donors (Lipinski definition) is 0. The van der Waals surface area contributed by atoms with Gasteiger partial charge < -0.3 is 4.74 Å². The second-order valence-corrected chi connectivity index (χ2v) is 3.30. The van der Waals surface area contributed by atoms with Crippen LogP contribution in [0.5, 0.6) is 5.88 Å². The lowest BCUT2D eigenvalue weighted by Crippen LogP contribution is -1.99. The minimum atomic E-state index is -2.56. The van der Waals surface area contributed by atoms with Crippen molar-refractivity contribution in [3.05, 3.63) is 21.8 Å². The van der Waals surface area contributed by atoms with Crippen LogP contribution in [0.25, 0.3) is 0 Å². The zero-order chi connectivity index (χ0) is 10.0. The highest BCUT2D eigenvalue weighted by Gasteiger charge is 2.18. The Morgan fingerprint density at radius 1 is 1.54 bits per heavy atom. The average Bonchev–Trinajstić information content (AvgIpc) is 2.01. The largest absolute Gasteiger partial charge is 0.481 e. The number of rotatable bonds is 2. The van der Waals surface area contributed by atoms with E-state index in [1.54, 1.807) is 6.92 Å². The summed E-state index contributed by atoms with van der Waals surface area (Å²) in [7, 11) is 1.32. The van der Waals surface area contributed by atoms with Gasteiger partial charge in [0.15, 0.2) is 0 Å². The molecule has 0 radical (unpaired) electrons.